The number of nitrogens with zero attached hydrogens (tertiary/aromatic N) is 3. The molecule has 0 unspecified atom stereocenters. The van der Waals surface area contributed by atoms with Crippen molar-refractivity contribution in [1.82, 2.24) is 15.0 Å². The molecule has 252 valence electrons. The summed E-state index contributed by atoms with van der Waals surface area (Å²) in [6.07, 6.45) is 0. The maximum absolute atomic E-state index is 5.13. The summed E-state index contributed by atoms with van der Waals surface area (Å²) in [4.78, 5) is 15.3. The van der Waals surface area contributed by atoms with E-state index in [1.54, 1.807) is 0 Å². The number of hydrogen-bond acceptors (Lipinski definition) is 3. The van der Waals surface area contributed by atoms with Gasteiger partial charge in [0.2, 0.25) is 0 Å². The van der Waals surface area contributed by atoms with Crippen LogP contribution >= 0.6 is 0 Å². The molecule has 0 aliphatic heterocycles. The quantitative estimate of drug-likeness (QED) is 0.175. The maximum Gasteiger partial charge on any atom is 0.164 e. The summed E-state index contributed by atoms with van der Waals surface area (Å²) in [5.74, 6) is 1.93. The normalized spacial score (nSPS) is 11.3. The van der Waals surface area contributed by atoms with E-state index in [9.17, 15) is 0 Å². The number of benzene rings is 9. The van der Waals surface area contributed by atoms with Crippen LogP contribution in [-0.2, 0) is 0 Å². The van der Waals surface area contributed by atoms with Gasteiger partial charge in [-0.25, -0.2) is 15.0 Å². The fourth-order valence-corrected chi connectivity index (χ4v) is 7.43. The fraction of sp³-hybridized carbons (Fsp3) is 0. The summed E-state index contributed by atoms with van der Waals surface area (Å²) in [5.41, 5.74) is 9.86. The number of aromatic nitrogens is 3. The van der Waals surface area contributed by atoms with Crippen LogP contribution in [0.25, 0.3) is 99.9 Å². The Morgan fingerprint density at radius 2 is 0.648 bits per heavy atom. The van der Waals surface area contributed by atoms with Gasteiger partial charge >= 0.3 is 0 Å². The molecule has 0 N–H and O–H groups in total. The zero-order chi connectivity index (χ0) is 35.8. The highest BCUT2D eigenvalue weighted by Crippen LogP contribution is 2.34. The number of hydrogen-bond donors (Lipinski definition) is 0. The SMILES string of the molecule is c1ccc(-c2ccc(-c3nc(-c4cccc(-c5ccc6cc(-c7ccc8ccccc8c7)ccc6c5)c4)nc(-c4cccc5ccccc45)n3)cc2)cc1. The Bertz CT molecular complexity index is 2980. The molecule has 1 heterocycles. The zero-order valence-electron chi connectivity index (χ0n) is 29.4. The van der Waals surface area contributed by atoms with E-state index < -0.39 is 0 Å². The summed E-state index contributed by atoms with van der Waals surface area (Å²) < 4.78 is 0. The van der Waals surface area contributed by atoms with Gasteiger partial charge in [-0.1, -0.05) is 176 Å². The Kier molecular flexibility index (Phi) is 7.81. The van der Waals surface area contributed by atoms with Gasteiger partial charge in [-0.15, -0.1) is 0 Å². The topological polar surface area (TPSA) is 38.7 Å². The molecular formula is C51H33N3. The van der Waals surface area contributed by atoms with Crippen LogP contribution in [0.4, 0.5) is 0 Å². The van der Waals surface area contributed by atoms with Crippen molar-refractivity contribution in [2.45, 2.75) is 0 Å². The Balaban J connectivity index is 1.04. The van der Waals surface area contributed by atoms with Crippen LogP contribution in [0.15, 0.2) is 200 Å². The van der Waals surface area contributed by atoms with Crippen LogP contribution in [0.1, 0.15) is 0 Å². The Morgan fingerprint density at radius 3 is 1.37 bits per heavy atom. The van der Waals surface area contributed by atoms with Crippen molar-refractivity contribution in [3.05, 3.63) is 200 Å². The van der Waals surface area contributed by atoms with E-state index in [2.05, 4.69) is 194 Å². The van der Waals surface area contributed by atoms with Gasteiger partial charge in [0.05, 0.1) is 0 Å². The van der Waals surface area contributed by atoms with Crippen molar-refractivity contribution in [2.75, 3.05) is 0 Å². The van der Waals surface area contributed by atoms with E-state index in [0.717, 1.165) is 44.2 Å². The van der Waals surface area contributed by atoms with Crippen molar-refractivity contribution in [2.24, 2.45) is 0 Å². The second-order valence-electron chi connectivity index (χ2n) is 13.7. The summed E-state index contributed by atoms with van der Waals surface area (Å²) >= 11 is 0. The minimum absolute atomic E-state index is 0.637. The molecule has 1 aromatic heterocycles. The van der Waals surface area contributed by atoms with Gasteiger partial charge in [0.25, 0.3) is 0 Å². The van der Waals surface area contributed by atoms with Crippen molar-refractivity contribution in [3.8, 4) is 67.5 Å². The third-order valence-electron chi connectivity index (χ3n) is 10.3. The molecule has 0 amide bonds. The molecule has 0 aliphatic rings. The first-order chi connectivity index (χ1) is 26.7. The molecule has 3 nitrogen and oxygen atoms in total. The van der Waals surface area contributed by atoms with Gasteiger partial charge in [-0.2, -0.15) is 0 Å². The first kappa shape index (κ1) is 31.5. The average molecular weight is 688 g/mol. The highest BCUT2D eigenvalue weighted by molar-refractivity contribution is 5.96. The monoisotopic (exact) mass is 687 g/mol. The summed E-state index contributed by atoms with van der Waals surface area (Å²) in [6.45, 7) is 0. The van der Waals surface area contributed by atoms with Crippen molar-refractivity contribution in [3.63, 3.8) is 0 Å². The van der Waals surface area contributed by atoms with Crippen LogP contribution in [0.2, 0.25) is 0 Å². The van der Waals surface area contributed by atoms with Gasteiger partial charge in [0.1, 0.15) is 0 Å². The molecule has 0 spiro atoms. The minimum Gasteiger partial charge on any atom is -0.208 e. The smallest absolute Gasteiger partial charge is 0.164 e. The third-order valence-corrected chi connectivity index (χ3v) is 10.3. The Labute approximate surface area is 313 Å². The molecule has 0 aliphatic carbocycles. The molecule has 0 saturated heterocycles. The van der Waals surface area contributed by atoms with Gasteiger partial charge in [-0.05, 0) is 90.0 Å². The first-order valence-electron chi connectivity index (χ1n) is 18.3. The van der Waals surface area contributed by atoms with Crippen LogP contribution in [-0.4, -0.2) is 15.0 Å². The van der Waals surface area contributed by atoms with E-state index in [1.807, 2.05) is 6.07 Å². The largest absolute Gasteiger partial charge is 0.208 e. The van der Waals surface area contributed by atoms with Crippen LogP contribution in [0, 0.1) is 0 Å². The summed E-state index contributed by atoms with van der Waals surface area (Å²) in [6, 6.07) is 70.7. The highest BCUT2D eigenvalue weighted by atomic mass is 15.0. The summed E-state index contributed by atoms with van der Waals surface area (Å²) in [7, 11) is 0. The molecule has 0 bridgehead atoms. The standard InChI is InChI=1S/C51H33N3/c1-2-10-34(11-3-1)36-20-23-38(24-21-36)49-52-50(54-51(53-49)48-19-9-15-37-13-6-7-18-47(37)48)46-17-8-16-40(33-46)41-26-27-45-32-44(29-28-43(45)31-41)42-25-22-35-12-4-5-14-39(35)30-42/h1-33H. The molecule has 0 atom stereocenters. The van der Waals surface area contributed by atoms with E-state index in [0.29, 0.717) is 17.5 Å². The number of fused-ring (bicyclic) bond motifs is 3. The third kappa shape index (κ3) is 5.98. The lowest BCUT2D eigenvalue weighted by Crippen LogP contribution is -2.00. The van der Waals surface area contributed by atoms with Gasteiger partial charge in [0.15, 0.2) is 17.5 Å². The lowest BCUT2D eigenvalue weighted by Gasteiger charge is -2.12. The first-order valence-corrected chi connectivity index (χ1v) is 18.3. The molecule has 3 heteroatoms. The van der Waals surface area contributed by atoms with Crippen molar-refractivity contribution >= 4 is 32.3 Å². The molecule has 10 aromatic rings. The van der Waals surface area contributed by atoms with Gasteiger partial charge in [0, 0.05) is 16.7 Å². The average Bonchev–Trinajstić information content (AvgIpc) is 3.26. The lowest BCUT2D eigenvalue weighted by atomic mass is 9.96. The predicted octanol–water partition coefficient (Wildman–Crippen LogP) is 13.3. The predicted molar refractivity (Wildman–Crippen MR) is 225 cm³/mol. The zero-order valence-corrected chi connectivity index (χ0v) is 29.4. The van der Waals surface area contributed by atoms with Gasteiger partial charge in [-0.3, -0.25) is 0 Å². The Hall–Kier alpha value is -7.23. The molecule has 9 aromatic carbocycles. The second kappa shape index (κ2) is 13.4. The molecular weight excluding hydrogens is 655 g/mol. The molecule has 10 rings (SSSR count). The molecule has 0 radical (unpaired) electrons. The van der Waals surface area contributed by atoms with Crippen LogP contribution in [0.3, 0.4) is 0 Å². The molecule has 54 heavy (non-hydrogen) atoms. The fourth-order valence-electron chi connectivity index (χ4n) is 7.43. The lowest BCUT2D eigenvalue weighted by molar-refractivity contribution is 1.08. The van der Waals surface area contributed by atoms with Crippen molar-refractivity contribution < 1.29 is 0 Å². The van der Waals surface area contributed by atoms with Gasteiger partial charge < -0.3 is 0 Å². The second-order valence-corrected chi connectivity index (χ2v) is 13.7. The van der Waals surface area contributed by atoms with Crippen LogP contribution < -0.4 is 0 Å². The maximum atomic E-state index is 5.13. The number of rotatable bonds is 6. The van der Waals surface area contributed by atoms with E-state index in [-0.39, 0.29) is 0 Å². The highest BCUT2D eigenvalue weighted by Gasteiger charge is 2.15. The molecule has 0 fully saturated rings. The minimum atomic E-state index is 0.637. The summed E-state index contributed by atoms with van der Waals surface area (Å²) in [5, 5.41) is 7.16. The molecule has 0 saturated carbocycles. The van der Waals surface area contributed by atoms with Crippen LogP contribution in [0.5, 0.6) is 0 Å². The van der Waals surface area contributed by atoms with E-state index >= 15 is 0 Å². The Morgan fingerprint density at radius 1 is 0.222 bits per heavy atom. The van der Waals surface area contributed by atoms with E-state index in [1.165, 1.54) is 38.2 Å². The van der Waals surface area contributed by atoms with E-state index in [4.69, 9.17) is 15.0 Å². The van der Waals surface area contributed by atoms with Crippen molar-refractivity contribution in [1.29, 1.82) is 0 Å².